The Morgan fingerprint density at radius 3 is 2.67 bits per heavy atom. The van der Waals surface area contributed by atoms with Gasteiger partial charge in [-0.1, -0.05) is 13.8 Å². The summed E-state index contributed by atoms with van der Waals surface area (Å²) in [4.78, 5) is 0. The average molecular weight is 142 g/mol. The van der Waals surface area contributed by atoms with Crippen LogP contribution < -0.4 is 0 Å². The second-order valence-electron chi connectivity index (χ2n) is 2.23. The highest BCUT2D eigenvalue weighted by Gasteiger charge is 1.91. The van der Waals surface area contributed by atoms with E-state index < -0.39 is 0 Å². The molecule has 0 aliphatic heterocycles. The van der Waals surface area contributed by atoms with E-state index in [1.165, 1.54) is 12.2 Å². The quantitative estimate of drug-likeness (QED) is 0.429. The number of hydrogen-bond acceptors (Lipinski definition) is 1. The van der Waals surface area contributed by atoms with Gasteiger partial charge in [-0.25, -0.2) is 0 Å². The third-order valence-corrected chi connectivity index (χ3v) is 2.11. The Balaban J connectivity index is 2.85. The minimum absolute atomic E-state index is 0.753. The van der Waals surface area contributed by atoms with E-state index in [2.05, 4.69) is 19.8 Å². The first-order valence-electron chi connectivity index (χ1n) is 3.32. The highest BCUT2D eigenvalue weighted by atomic mass is 32.2. The van der Waals surface area contributed by atoms with E-state index in [9.17, 15) is 0 Å². The molecule has 0 rings (SSSR count). The Labute approximate surface area is 62.4 Å². The van der Waals surface area contributed by atoms with Crippen LogP contribution in [0.3, 0.4) is 0 Å². The van der Waals surface area contributed by atoms with Crippen molar-refractivity contribution >= 4 is 11.8 Å². The van der Waals surface area contributed by atoms with Gasteiger partial charge in [0.25, 0.3) is 0 Å². The van der Waals surface area contributed by atoms with Crippen LogP contribution in [0.5, 0.6) is 0 Å². The van der Waals surface area contributed by atoms with Crippen molar-refractivity contribution in [2.45, 2.75) is 31.9 Å². The SMILES string of the molecule is C#CCCCSC(C)C. The van der Waals surface area contributed by atoms with E-state index in [1.807, 2.05) is 11.8 Å². The van der Waals surface area contributed by atoms with Crippen LogP contribution in [-0.2, 0) is 0 Å². The van der Waals surface area contributed by atoms with Gasteiger partial charge in [0.2, 0.25) is 0 Å². The molecule has 0 amide bonds. The smallest absolute Gasteiger partial charge is 0.00939 e. The average Bonchev–Trinajstić information content (AvgIpc) is 1.80. The van der Waals surface area contributed by atoms with Crippen LogP contribution in [0.4, 0.5) is 0 Å². The highest BCUT2D eigenvalue weighted by Crippen LogP contribution is 2.10. The van der Waals surface area contributed by atoms with Crippen molar-refractivity contribution in [3.05, 3.63) is 0 Å². The van der Waals surface area contributed by atoms with Crippen LogP contribution >= 0.6 is 11.8 Å². The van der Waals surface area contributed by atoms with Gasteiger partial charge in [-0.15, -0.1) is 12.3 Å². The topological polar surface area (TPSA) is 0 Å². The largest absolute Gasteiger partial charge is 0.159 e. The summed E-state index contributed by atoms with van der Waals surface area (Å²) >= 11 is 1.98. The van der Waals surface area contributed by atoms with Crippen molar-refractivity contribution in [2.24, 2.45) is 0 Å². The van der Waals surface area contributed by atoms with Gasteiger partial charge in [-0.05, 0) is 17.4 Å². The van der Waals surface area contributed by atoms with Crippen molar-refractivity contribution in [3.8, 4) is 12.3 Å². The predicted molar refractivity (Wildman–Crippen MR) is 45.7 cm³/mol. The molecule has 0 unspecified atom stereocenters. The number of hydrogen-bond donors (Lipinski definition) is 0. The summed E-state index contributed by atoms with van der Waals surface area (Å²) in [7, 11) is 0. The molecule has 0 aromatic carbocycles. The van der Waals surface area contributed by atoms with E-state index in [-0.39, 0.29) is 0 Å². The van der Waals surface area contributed by atoms with Crippen LogP contribution in [-0.4, -0.2) is 11.0 Å². The molecule has 0 saturated heterocycles. The summed E-state index contributed by atoms with van der Waals surface area (Å²) < 4.78 is 0. The fourth-order valence-electron chi connectivity index (χ4n) is 0.493. The van der Waals surface area contributed by atoms with E-state index in [1.54, 1.807) is 0 Å². The first-order chi connectivity index (χ1) is 4.27. The zero-order valence-corrected chi connectivity index (χ0v) is 7.00. The van der Waals surface area contributed by atoms with Gasteiger partial charge in [0.1, 0.15) is 0 Å². The van der Waals surface area contributed by atoms with Crippen LogP contribution in [0, 0.1) is 12.3 Å². The van der Waals surface area contributed by atoms with Crippen molar-refractivity contribution in [1.29, 1.82) is 0 Å². The molecule has 0 spiro atoms. The first-order valence-corrected chi connectivity index (χ1v) is 4.37. The summed E-state index contributed by atoms with van der Waals surface area (Å²) in [6, 6.07) is 0. The lowest BCUT2D eigenvalue weighted by Crippen LogP contribution is -1.88. The zero-order chi connectivity index (χ0) is 7.11. The molecule has 0 aliphatic rings. The van der Waals surface area contributed by atoms with Crippen molar-refractivity contribution < 1.29 is 0 Å². The Morgan fingerprint density at radius 2 is 2.22 bits per heavy atom. The van der Waals surface area contributed by atoms with Gasteiger partial charge in [-0.2, -0.15) is 11.8 Å². The molecule has 0 bridgehead atoms. The second kappa shape index (κ2) is 6.04. The van der Waals surface area contributed by atoms with Gasteiger partial charge in [0.15, 0.2) is 0 Å². The molecule has 0 heterocycles. The summed E-state index contributed by atoms with van der Waals surface area (Å²) in [5.41, 5.74) is 0. The standard InChI is InChI=1S/C8H14S/c1-4-5-6-7-9-8(2)3/h1,8H,5-7H2,2-3H3. The van der Waals surface area contributed by atoms with Crippen LogP contribution in [0.2, 0.25) is 0 Å². The summed E-state index contributed by atoms with van der Waals surface area (Å²) in [5, 5.41) is 0.753. The lowest BCUT2D eigenvalue weighted by Gasteiger charge is -2.00. The maximum atomic E-state index is 5.09. The van der Waals surface area contributed by atoms with Gasteiger partial charge in [0, 0.05) is 6.42 Å². The molecule has 1 heteroatoms. The Bertz CT molecular complexity index is 89.2. The predicted octanol–water partition coefficient (Wildman–Crippen LogP) is 2.54. The minimum Gasteiger partial charge on any atom is -0.159 e. The second-order valence-corrected chi connectivity index (χ2v) is 3.91. The van der Waals surface area contributed by atoms with E-state index in [0.29, 0.717) is 0 Å². The van der Waals surface area contributed by atoms with Crippen LogP contribution in [0.15, 0.2) is 0 Å². The summed E-state index contributed by atoms with van der Waals surface area (Å²) in [5.74, 6) is 3.84. The normalized spacial score (nSPS) is 9.56. The van der Waals surface area contributed by atoms with E-state index in [0.717, 1.165) is 11.7 Å². The minimum atomic E-state index is 0.753. The van der Waals surface area contributed by atoms with Gasteiger partial charge < -0.3 is 0 Å². The number of thioether (sulfide) groups is 1. The molecule has 0 nitrogen and oxygen atoms in total. The van der Waals surface area contributed by atoms with Gasteiger partial charge in [0.05, 0.1) is 0 Å². The van der Waals surface area contributed by atoms with Crippen molar-refractivity contribution in [1.82, 2.24) is 0 Å². The number of terminal acetylenes is 1. The molecule has 0 saturated carbocycles. The third kappa shape index (κ3) is 7.91. The van der Waals surface area contributed by atoms with Gasteiger partial charge >= 0.3 is 0 Å². The number of unbranched alkanes of at least 4 members (excludes halogenated alkanes) is 1. The molecule has 0 aromatic heterocycles. The molecule has 0 radical (unpaired) electrons. The molecular weight excluding hydrogens is 128 g/mol. The molecule has 0 N–H and O–H groups in total. The van der Waals surface area contributed by atoms with E-state index >= 15 is 0 Å². The lowest BCUT2D eigenvalue weighted by atomic mass is 10.4. The monoisotopic (exact) mass is 142 g/mol. The molecule has 0 fully saturated rings. The molecule has 52 valence electrons. The molecular formula is C8H14S. The first kappa shape index (κ1) is 8.91. The van der Waals surface area contributed by atoms with E-state index in [4.69, 9.17) is 6.42 Å². The Hall–Kier alpha value is -0.0900. The van der Waals surface area contributed by atoms with Crippen LogP contribution in [0.25, 0.3) is 0 Å². The van der Waals surface area contributed by atoms with Crippen molar-refractivity contribution in [2.75, 3.05) is 5.75 Å². The zero-order valence-electron chi connectivity index (χ0n) is 6.18. The molecule has 0 aromatic rings. The molecule has 9 heavy (non-hydrogen) atoms. The maximum Gasteiger partial charge on any atom is 0.00939 e. The Morgan fingerprint density at radius 1 is 1.56 bits per heavy atom. The lowest BCUT2D eigenvalue weighted by molar-refractivity contribution is 0.987. The van der Waals surface area contributed by atoms with Crippen molar-refractivity contribution in [3.63, 3.8) is 0 Å². The highest BCUT2D eigenvalue weighted by molar-refractivity contribution is 7.99. The molecule has 0 atom stereocenters. The fraction of sp³-hybridized carbons (Fsp3) is 0.750. The summed E-state index contributed by atoms with van der Waals surface area (Å²) in [6.45, 7) is 4.42. The fourth-order valence-corrected chi connectivity index (χ4v) is 1.28. The summed E-state index contributed by atoms with van der Waals surface area (Å²) in [6.07, 6.45) is 7.18. The number of rotatable bonds is 4. The van der Waals surface area contributed by atoms with Crippen LogP contribution in [0.1, 0.15) is 26.7 Å². The molecule has 0 aliphatic carbocycles. The Kier molecular flexibility index (Phi) is 5.98. The third-order valence-electron chi connectivity index (χ3n) is 0.917. The van der Waals surface area contributed by atoms with Gasteiger partial charge in [-0.3, -0.25) is 0 Å². The maximum absolute atomic E-state index is 5.09.